The number of unbranched alkanes of at least 4 members (excludes halogenated alkanes) is 36. The number of carbonyl (C=O) groups excluding carboxylic acids is 5. The van der Waals surface area contributed by atoms with Crippen LogP contribution in [0.25, 0.3) is 0 Å². The fourth-order valence-electron chi connectivity index (χ4n) is 10.8. The Morgan fingerprint density at radius 3 is 0.887 bits per heavy atom. The molecule has 0 saturated carbocycles. The van der Waals surface area contributed by atoms with E-state index in [9.17, 15) is 24.0 Å². The molecule has 1 rings (SSSR count). The third-order valence-corrected chi connectivity index (χ3v) is 16.0. The van der Waals surface area contributed by atoms with Crippen molar-refractivity contribution < 1.29 is 47.7 Å². The first-order valence-electron chi connectivity index (χ1n) is 34.4. The average Bonchev–Trinajstić information content (AvgIpc) is 3.70. The maximum absolute atomic E-state index is 13.7. The largest absolute Gasteiger partial charge is 0.462 e. The van der Waals surface area contributed by atoms with E-state index in [1.807, 2.05) is 0 Å². The molecule has 0 unspecified atom stereocenters. The van der Waals surface area contributed by atoms with Gasteiger partial charge in [-0.15, -0.1) is 0 Å². The zero-order valence-corrected chi connectivity index (χ0v) is 53.7. The molecule has 1 heterocycles. The molecule has 10 nitrogen and oxygen atoms in total. The van der Waals surface area contributed by atoms with Gasteiger partial charge < -0.3 is 23.7 Å². The first kappa shape index (κ1) is 75.1. The second-order valence-electron chi connectivity index (χ2n) is 26.1. The van der Waals surface area contributed by atoms with E-state index >= 15 is 0 Å². The molecule has 0 aromatic carbocycles. The van der Waals surface area contributed by atoms with Gasteiger partial charge in [0.15, 0.2) is 6.10 Å². The molecule has 0 fully saturated rings. The smallest absolute Gasteiger partial charge is 0.379 e. The Hall–Kier alpha value is -2.91. The van der Waals surface area contributed by atoms with Crippen LogP contribution < -0.4 is 0 Å². The minimum atomic E-state index is -1.44. The number of cyclic esters (lactones) is 1. The SMILES string of the molecule is CC(C)CCCCCCCCCCCCC(=O)OC[C@H](OC(=O)CCCCCCCCCCCCC(C)C)[C@H]1OC(=O)C(OC(=O)CCCCCCCCCCCCC(C)C)=C1OC(=O)CCCCCCCCCCCCC(C)C. The van der Waals surface area contributed by atoms with E-state index in [0.29, 0.717) is 25.7 Å². The molecule has 2 atom stereocenters. The van der Waals surface area contributed by atoms with Gasteiger partial charge in [-0.3, -0.25) is 19.2 Å². The Morgan fingerprint density at radius 2 is 0.588 bits per heavy atom. The molecule has 10 heteroatoms. The lowest BCUT2D eigenvalue weighted by Gasteiger charge is -2.24. The van der Waals surface area contributed by atoms with E-state index in [-0.39, 0.29) is 31.4 Å². The highest BCUT2D eigenvalue weighted by atomic mass is 16.7. The van der Waals surface area contributed by atoms with E-state index in [4.69, 9.17) is 23.7 Å². The Morgan fingerprint density at radius 1 is 0.338 bits per heavy atom. The number of rotatable bonds is 58. The molecule has 80 heavy (non-hydrogen) atoms. The highest BCUT2D eigenvalue weighted by Crippen LogP contribution is 2.31. The fraction of sp³-hybridized carbons (Fsp3) is 0.900. The Balaban J connectivity index is 2.99. The fourth-order valence-corrected chi connectivity index (χ4v) is 10.8. The van der Waals surface area contributed by atoms with Crippen molar-refractivity contribution in [3.8, 4) is 0 Å². The van der Waals surface area contributed by atoms with Gasteiger partial charge in [0.25, 0.3) is 5.76 Å². The van der Waals surface area contributed by atoms with Crippen LogP contribution in [0.4, 0.5) is 0 Å². The molecular weight excluding hydrogens is 1000 g/mol. The Kier molecular flexibility index (Phi) is 49.6. The van der Waals surface area contributed by atoms with Crippen molar-refractivity contribution in [1.82, 2.24) is 0 Å². The van der Waals surface area contributed by atoms with Crippen molar-refractivity contribution in [3.05, 3.63) is 11.5 Å². The molecule has 0 amide bonds. The zero-order chi connectivity index (χ0) is 58.7. The van der Waals surface area contributed by atoms with Crippen molar-refractivity contribution >= 4 is 29.8 Å². The van der Waals surface area contributed by atoms with Crippen molar-refractivity contribution in [2.24, 2.45) is 23.7 Å². The number of ether oxygens (including phenoxy) is 5. The topological polar surface area (TPSA) is 132 Å². The van der Waals surface area contributed by atoms with E-state index in [1.165, 1.54) is 180 Å². The second-order valence-corrected chi connectivity index (χ2v) is 26.1. The summed E-state index contributed by atoms with van der Waals surface area (Å²) in [6.45, 7) is 17.9. The molecule has 0 aromatic heterocycles. The highest BCUT2D eigenvalue weighted by molar-refractivity contribution is 5.93. The molecule has 0 bridgehead atoms. The molecule has 0 aliphatic carbocycles. The summed E-state index contributed by atoms with van der Waals surface area (Å²) in [6.07, 6.45) is 48.0. The third kappa shape index (κ3) is 46.6. The summed E-state index contributed by atoms with van der Waals surface area (Å²) in [6, 6.07) is 0. The van der Waals surface area contributed by atoms with Gasteiger partial charge >= 0.3 is 29.8 Å². The molecule has 0 saturated heterocycles. The van der Waals surface area contributed by atoms with Gasteiger partial charge in [0.1, 0.15) is 6.61 Å². The maximum Gasteiger partial charge on any atom is 0.379 e. The lowest BCUT2D eigenvalue weighted by Crippen LogP contribution is -2.38. The molecule has 0 radical (unpaired) electrons. The summed E-state index contributed by atoms with van der Waals surface area (Å²) in [5.74, 6) is -0.872. The van der Waals surface area contributed by atoms with Crippen LogP contribution in [-0.2, 0) is 47.7 Å². The lowest BCUT2D eigenvalue weighted by atomic mass is 10.0. The first-order valence-corrected chi connectivity index (χ1v) is 34.4. The average molecular weight is 1130 g/mol. The quantitative estimate of drug-likeness (QED) is 0.0329. The minimum absolute atomic E-state index is 0.0870. The van der Waals surface area contributed by atoms with Crippen LogP contribution in [-0.4, -0.2) is 48.7 Å². The van der Waals surface area contributed by atoms with Crippen molar-refractivity contribution in [1.29, 1.82) is 0 Å². The van der Waals surface area contributed by atoms with Gasteiger partial charge in [-0.25, -0.2) is 4.79 Å². The minimum Gasteiger partial charge on any atom is -0.462 e. The predicted octanol–water partition coefficient (Wildman–Crippen LogP) is 21.0. The molecule has 468 valence electrons. The number of esters is 5. The van der Waals surface area contributed by atoms with Crippen LogP contribution >= 0.6 is 0 Å². The second kappa shape index (κ2) is 52.9. The van der Waals surface area contributed by atoms with Gasteiger partial charge in [-0.1, -0.05) is 312 Å². The monoisotopic (exact) mass is 1130 g/mol. The molecular formula is C70H128O10. The standard InChI is InChI=1S/C70H128O10/c1-58(2)49-41-33-25-17-9-13-21-29-37-45-53-63(71)76-57-62(77-64(72)54-46-38-30-22-14-10-18-26-34-42-50-59(3)4)67-68(78-65(73)55-47-39-31-23-15-11-19-27-35-43-51-60(5)6)69(70(75)80-67)79-66(74)56-48-40-32-24-16-12-20-28-36-44-52-61(7)8/h58-62,67H,9-57H2,1-8H3/t62-,67+/m0/s1. The van der Waals surface area contributed by atoms with E-state index in [1.54, 1.807) is 0 Å². The zero-order valence-electron chi connectivity index (χ0n) is 53.7. The van der Waals surface area contributed by atoms with Gasteiger partial charge in [-0.2, -0.15) is 0 Å². The van der Waals surface area contributed by atoms with E-state index < -0.39 is 54.4 Å². The molecule has 0 N–H and O–H groups in total. The van der Waals surface area contributed by atoms with E-state index in [2.05, 4.69) is 55.4 Å². The summed E-state index contributed by atoms with van der Waals surface area (Å²) in [7, 11) is 0. The van der Waals surface area contributed by atoms with Crippen LogP contribution in [0.3, 0.4) is 0 Å². The van der Waals surface area contributed by atoms with Gasteiger partial charge in [-0.05, 0) is 49.4 Å². The Labute approximate surface area is 493 Å². The summed E-state index contributed by atoms with van der Waals surface area (Å²) < 4.78 is 29.2. The first-order chi connectivity index (χ1) is 38.7. The predicted molar refractivity (Wildman–Crippen MR) is 331 cm³/mol. The van der Waals surface area contributed by atoms with Gasteiger partial charge in [0.05, 0.1) is 0 Å². The highest BCUT2D eigenvalue weighted by Gasteiger charge is 2.46. The normalized spacial score (nSPS) is 14.0. The van der Waals surface area contributed by atoms with Crippen molar-refractivity contribution in [2.45, 2.75) is 376 Å². The van der Waals surface area contributed by atoms with Crippen molar-refractivity contribution in [2.75, 3.05) is 6.61 Å². The van der Waals surface area contributed by atoms with Crippen LogP contribution in [0.15, 0.2) is 11.5 Å². The molecule has 0 aromatic rings. The van der Waals surface area contributed by atoms with Crippen LogP contribution in [0.5, 0.6) is 0 Å². The number of carbonyl (C=O) groups is 5. The third-order valence-electron chi connectivity index (χ3n) is 16.0. The van der Waals surface area contributed by atoms with Crippen molar-refractivity contribution in [3.63, 3.8) is 0 Å². The number of hydrogen-bond acceptors (Lipinski definition) is 10. The Bertz CT molecular complexity index is 1550. The summed E-state index contributed by atoms with van der Waals surface area (Å²) in [5.41, 5.74) is 0. The summed E-state index contributed by atoms with van der Waals surface area (Å²) >= 11 is 0. The van der Waals surface area contributed by atoms with Crippen LogP contribution in [0.2, 0.25) is 0 Å². The van der Waals surface area contributed by atoms with Crippen LogP contribution in [0.1, 0.15) is 364 Å². The molecule has 0 spiro atoms. The summed E-state index contributed by atoms with van der Waals surface area (Å²) in [5, 5.41) is 0. The van der Waals surface area contributed by atoms with Gasteiger partial charge in [0, 0.05) is 25.7 Å². The van der Waals surface area contributed by atoms with Crippen LogP contribution in [0, 0.1) is 23.7 Å². The van der Waals surface area contributed by atoms with Gasteiger partial charge in [0.2, 0.25) is 11.9 Å². The maximum atomic E-state index is 13.7. The summed E-state index contributed by atoms with van der Waals surface area (Å²) in [4.78, 5) is 67.4. The number of hydrogen-bond donors (Lipinski definition) is 0. The van der Waals surface area contributed by atoms with E-state index in [0.717, 1.165) is 101 Å². The molecule has 1 aliphatic rings. The lowest BCUT2D eigenvalue weighted by molar-refractivity contribution is -0.172. The molecule has 1 aliphatic heterocycles.